The van der Waals surface area contributed by atoms with E-state index in [4.69, 9.17) is 4.74 Å². The molecule has 0 atom stereocenters. The van der Waals surface area contributed by atoms with Crippen molar-refractivity contribution in [2.24, 2.45) is 5.92 Å². The summed E-state index contributed by atoms with van der Waals surface area (Å²) in [7, 11) is 1.64. The number of halogens is 3. The molecule has 5 nitrogen and oxygen atoms in total. The molecule has 0 unspecified atom stereocenters. The number of rotatable bonds is 6. The van der Waals surface area contributed by atoms with Crippen molar-refractivity contribution >= 4 is 5.91 Å². The van der Waals surface area contributed by atoms with Crippen LogP contribution in [0, 0.1) is 5.92 Å². The molecule has 27 heavy (non-hydrogen) atoms. The van der Waals surface area contributed by atoms with Gasteiger partial charge < -0.3 is 10.1 Å². The van der Waals surface area contributed by atoms with Crippen molar-refractivity contribution in [3.05, 3.63) is 59.4 Å². The topological polar surface area (TPSA) is 54.5 Å². The number of benzene rings is 1. The minimum Gasteiger partial charge on any atom is -0.489 e. The lowest BCUT2D eigenvalue weighted by atomic mass is 9.98. The molecular weight excluding hydrogens is 359 g/mol. The van der Waals surface area contributed by atoms with Gasteiger partial charge in [0.25, 0.3) is 0 Å². The second kappa shape index (κ2) is 7.96. The summed E-state index contributed by atoms with van der Waals surface area (Å²) in [5, 5.41) is 2.65. The Bertz CT molecular complexity index is 770. The molecule has 3 rings (SSSR count). The van der Waals surface area contributed by atoms with E-state index in [0.29, 0.717) is 11.3 Å². The maximum atomic E-state index is 12.5. The Balaban J connectivity index is 1.46. The molecule has 0 saturated carbocycles. The Kier molecular flexibility index (Phi) is 5.65. The fraction of sp³-hybridized carbons (Fsp3) is 0.368. The highest BCUT2D eigenvalue weighted by Gasteiger charge is 2.32. The molecule has 1 N–H and O–H groups in total. The SMILES string of the molecule is CNC(=O)C1CN(Cc2ccc(OCc3ccc(C(F)(F)F)nc3)cc2)C1. The van der Waals surface area contributed by atoms with Crippen molar-refractivity contribution in [3.63, 3.8) is 0 Å². The van der Waals surface area contributed by atoms with Crippen LogP contribution in [0.1, 0.15) is 16.8 Å². The van der Waals surface area contributed by atoms with Gasteiger partial charge in [0.05, 0.1) is 5.92 Å². The standard InChI is InChI=1S/C19H20F3N3O2/c1-23-18(26)15-10-25(11-15)9-13-2-5-16(6-3-13)27-12-14-4-7-17(24-8-14)19(20,21)22/h2-8,15H,9-12H2,1H3,(H,23,26). The zero-order valence-electron chi connectivity index (χ0n) is 14.8. The Hall–Kier alpha value is -2.61. The number of likely N-dealkylation sites (tertiary alicyclic amines) is 1. The van der Waals surface area contributed by atoms with E-state index in [1.165, 1.54) is 12.3 Å². The van der Waals surface area contributed by atoms with Crippen LogP contribution in [0.15, 0.2) is 42.6 Å². The third kappa shape index (κ3) is 4.97. The number of ether oxygens (including phenoxy) is 1. The van der Waals surface area contributed by atoms with Gasteiger partial charge in [0.2, 0.25) is 5.91 Å². The van der Waals surface area contributed by atoms with E-state index in [2.05, 4.69) is 15.2 Å². The number of nitrogens with zero attached hydrogens (tertiary/aromatic N) is 2. The first-order chi connectivity index (χ1) is 12.8. The van der Waals surface area contributed by atoms with Gasteiger partial charge in [-0.2, -0.15) is 13.2 Å². The number of alkyl halides is 3. The maximum Gasteiger partial charge on any atom is 0.433 e. The van der Waals surface area contributed by atoms with Crippen LogP contribution in [0.3, 0.4) is 0 Å². The average Bonchev–Trinajstić information content (AvgIpc) is 2.62. The third-order valence-corrected chi connectivity index (χ3v) is 4.42. The predicted octanol–water partition coefficient (Wildman–Crippen LogP) is 2.86. The van der Waals surface area contributed by atoms with Crippen molar-refractivity contribution in [2.45, 2.75) is 19.3 Å². The van der Waals surface area contributed by atoms with Gasteiger partial charge in [0, 0.05) is 38.4 Å². The molecule has 8 heteroatoms. The monoisotopic (exact) mass is 379 g/mol. The second-order valence-corrected chi connectivity index (χ2v) is 6.49. The van der Waals surface area contributed by atoms with Crippen LogP contribution >= 0.6 is 0 Å². The summed E-state index contributed by atoms with van der Waals surface area (Å²) < 4.78 is 43.1. The summed E-state index contributed by atoms with van der Waals surface area (Å²) >= 11 is 0. The van der Waals surface area contributed by atoms with E-state index in [9.17, 15) is 18.0 Å². The normalized spacial score (nSPS) is 15.3. The van der Waals surface area contributed by atoms with E-state index >= 15 is 0 Å². The Morgan fingerprint density at radius 1 is 1.19 bits per heavy atom. The zero-order valence-corrected chi connectivity index (χ0v) is 14.8. The van der Waals surface area contributed by atoms with Gasteiger partial charge in [-0.1, -0.05) is 18.2 Å². The predicted molar refractivity (Wildman–Crippen MR) is 92.8 cm³/mol. The first-order valence-electron chi connectivity index (χ1n) is 8.53. The molecule has 1 aromatic carbocycles. The fourth-order valence-corrected chi connectivity index (χ4v) is 2.86. The van der Waals surface area contributed by atoms with E-state index in [-0.39, 0.29) is 18.4 Å². The lowest BCUT2D eigenvalue weighted by Gasteiger charge is -2.38. The Morgan fingerprint density at radius 2 is 1.85 bits per heavy atom. The molecule has 0 aliphatic carbocycles. The van der Waals surface area contributed by atoms with E-state index < -0.39 is 11.9 Å². The molecule has 2 aromatic rings. The molecule has 1 aliphatic heterocycles. The maximum absolute atomic E-state index is 12.5. The number of carbonyl (C=O) groups excluding carboxylic acids is 1. The first kappa shape index (κ1) is 19.2. The third-order valence-electron chi connectivity index (χ3n) is 4.42. The summed E-state index contributed by atoms with van der Waals surface area (Å²) in [6, 6.07) is 9.82. The molecule has 0 spiro atoms. The van der Waals surface area contributed by atoms with Crippen LogP contribution in [-0.2, 0) is 24.1 Å². The summed E-state index contributed by atoms with van der Waals surface area (Å²) in [6.07, 6.45) is -3.27. The van der Waals surface area contributed by atoms with Crippen LogP contribution in [-0.4, -0.2) is 35.9 Å². The van der Waals surface area contributed by atoms with E-state index in [1.54, 1.807) is 7.05 Å². The summed E-state index contributed by atoms with van der Waals surface area (Å²) in [4.78, 5) is 17.1. The van der Waals surface area contributed by atoms with Crippen LogP contribution in [0.25, 0.3) is 0 Å². The van der Waals surface area contributed by atoms with Crippen LogP contribution in [0.2, 0.25) is 0 Å². The summed E-state index contributed by atoms with van der Waals surface area (Å²) in [5.41, 5.74) is 0.752. The fourth-order valence-electron chi connectivity index (χ4n) is 2.86. The van der Waals surface area contributed by atoms with Gasteiger partial charge in [-0.05, 0) is 23.8 Å². The number of amides is 1. The molecule has 2 heterocycles. The number of hydrogen-bond acceptors (Lipinski definition) is 4. The average molecular weight is 379 g/mol. The van der Waals surface area contributed by atoms with Gasteiger partial charge >= 0.3 is 6.18 Å². The number of nitrogens with one attached hydrogen (secondary N) is 1. The molecule has 1 aliphatic rings. The molecule has 144 valence electrons. The van der Waals surface area contributed by atoms with E-state index in [0.717, 1.165) is 31.3 Å². The molecule has 1 fully saturated rings. The highest BCUT2D eigenvalue weighted by Crippen LogP contribution is 2.27. The molecule has 0 radical (unpaired) electrons. The minimum absolute atomic E-state index is 0.0648. The number of hydrogen-bond donors (Lipinski definition) is 1. The van der Waals surface area contributed by atoms with Crippen LogP contribution in [0.4, 0.5) is 13.2 Å². The van der Waals surface area contributed by atoms with Gasteiger partial charge in [0.15, 0.2) is 0 Å². The highest BCUT2D eigenvalue weighted by atomic mass is 19.4. The smallest absolute Gasteiger partial charge is 0.433 e. The minimum atomic E-state index is -4.44. The number of carbonyl (C=O) groups is 1. The molecule has 1 saturated heterocycles. The van der Waals surface area contributed by atoms with Crippen molar-refractivity contribution in [3.8, 4) is 5.75 Å². The van der Waals surface area contributed by atoms with Gasteiger partial charge in [0.1, 0.15) is 18.1 Å². The number of aromatic nitrogens is 1. The van der Waals surface area contributed by atoms with Crippen molar-refractivity contribution in [1.82, 2.24) is 15.2 Å². The van der Waals surface area contributed by atoms with Gasteiger partial charge in [-0.3, -0.25) is 14.7 Å². The van der Waals surface area contributed by atoms with Crippen LogP contribution in [0.5, 0.6) is 5.75 Å². The van der Waals surface area contributed by atoms with Gasteiger partial charge in [-0.25, -0.2) is 0 Å². The number of pyridine rings is 1. The van der Waals surface area contributed by atoms with Gasteiger partial charge in [-0.15, -0.1) is 0 Å². The van der Waals surface area contributed by atoms with Crippen molar-refractivity contribution in [1.29, 1.82) is 0 Å². The second-order valence-electron chi connectivity index (χ2n) is 6.49. The largest absolute Gasteiger partial charge is 0.489 e. The zero-order chi connectivity index (χ0) is 19.4. The van der Waals surface area contributed by atoms with E-state index in [1.807, 2.05) is 24.3 Å². The molecule has 0 bridgehead atoms. The quantitative estimate of drug-likeness (QED) is 0.839. The Labute approximate surface area is 155 Å². The van der Waals surface area contributed by atoms with Crippen molar-refractivity contribution in [2.75, 3.05) is 20.1 Å². The molecule has 1 aromatic heterocycles. The lowest BCUT2D eigenvalue weighted by Crippen LogP contribution is -2.52. The summed E-state index contributed by atoms with van der Waals surface area (Å²) in [5.74, 6) is 0.771. The van der Waals surface area contributed by atoms with Crippen molar-refractivity contribution < 1.29 is 22.7 Å². The molecular formula is C19H20F3N3O2. The lowest BCUT2D eigenvalue weighted by molar-refractivity contribution is -0.141. The first-order valence-corrected chi connectivity index (χ1v) is 8.53. The Morgan fingerprint density at radius 3 is 2.41 bits per heavy atom. The highest BCUT2D eigenvalue weighted by molar-refractivity contribution is 5.79. The summed E-state index contributed by atoms with van der Waals surface area (Å²) in [6.45, 7) is 2.40. The molecule has 1 amide bonds. The van der Waals surface area contributed by atoms with Crippen LogP contribution < -0.4 is 10.1 Å².